The number of hydrogen-bond donors (Lipinski definition) is 2. The molecule has 0 spiro atoms. The van der Waals surface area contributed by atoms with Crippen LogP contribution in [0.2, 0.25) is 5.02 Å². The maximum absolute atomic E-state index is 12.5. The number of benzene rings is 2. The van der Waals surface area contributed by atoms with E-state index in [0.717, 1.165) is 0 Å². The lowest BCUT2D eigenvalue weighted by Crippen LogP contribution is -2.13. The van der Waals surface area contributed by atoms with Crippen LogP contribution in [0.5, 0.6) is 17.2 Å². The molecule has 140 valence electrons. The zero-order chi connectivity index (χ0) is 19.5. The van der Waals surface area contributed by atoms with Gasteiger partial charge in [-0.1, -0.05) is 18.5 Å². The summed E-state index contributed by atoms with van der Waals surface area (Å²) >= 11 is 6.08. The lowest BCUT2D eigenvalue weighted by Gasteiger charge is -2.13. The third kappa shape index (κ3) is 4.03. The molecule has 2 aromatic carbocycles. The summed E-state index contributed by atoms with van der Waals surface area (Å²) in [6, 6.07) is 6.48. The Morgan fingerprint density at radius 3 is 2.46 bits per heavy atom. The van der Waals surface area contributed by atoms with Crippen molar-refractivity contribution >= 4 is 33.0 Å². The van der Waals surface area contributed by atoms with Crippen LogP contribution in [0.3, 0.4) is 0 Å². The number of methoxy groups -OCH3 is 2. The fraction of sp³-hybridized carbons (Fsp3) is 0.235. The van der Waals surface area contributed by atoms with Crippen molar-refractivity contribution in [2.45, 2.75) is 11.8 Å². The van der Waals surface area contributed by atoms with E-state index >= 15 is 0 Å². The van der Waals surface area contributed by atoms with Crippen LogP contribution < -0.4 is 14.8 Å². The molecule has 0 heterocycles. The summed E-state index contributed by atoms with van der Waals surface area (Å²) in [5, 5.41) is 12.6. The predicted molar refractivity (Wildman–Crippen MR) is 98.3 cm³/mol. The highest BCUT2D eigenvalue weighted by atomic mass is 35.5. The van der Waals surface area contributed by atoms with Crippen molar-refractivity contribution in [2.24, 2.45) is 0 Å². The van der Waals surface area contributed by atoms with Crippen LogP contribution in [-0.2, 0) is 9.84 Å². The summed E-state index contributed by atoms with van der Waals surface area (Å²) in [5.74, 6) is -0.424. The molecule has 1 amide bonds. The van der Waals surface area contributed by atoms with Gasteiger partial charge in [-0.15, -0.1) is 0 Å². The summed E-state index contributed by atoms with van der Waals surface area (Å²) in [7, 11) is -0.663. The number of sulfone groups is 1. The predicted octanol–water partition coefficient (Wildman–Crippen LogP) is 3.11. The molecule has 0 aliphatic heterocycles. The highest BCUT2D eigenvalue weighted by Gasteiger charge is 2.18. The SMILES string of the molecule is CCS(=O)(=O)c1ccc(O)c(NC(=O)c2cc(Cl)c(OC)c(OC)c2)c1. The van der Waals surface area contributed by atoms with Gasteiger partial charge in [0.25, 0.3) is 5.91 Å². The second kappa shape index (κ2) is 7.84. The van der Waals surface area contributed by atoms with Gasteiger partial charge in [0.2, 0.25) is 0 Å². The second-order valence-corrected chi connectivity index (χ2v) is 7.92. The van der Waals surface area contributed by atoms with Gasteiger partial charge in [-0.05, 0) is 30.3 Å². The highest BCUT2D eigenvalue weighted by Crippen LogP contribution is 2.36. The number of phenolic OH excluding ortho intramolecular Hbond substituents is 1. The molecule has 9 heteroatoms. The largest absolute Gasteiger partial charge is 0.506 e. The third-order valence-electron chi connectivity index (χ3n) is 3.65. The number of nitrogens with one attached hydrogen (secondary N) is 1. The smallest absolute Gasteiger partial charge is 0.255 e. The topological polar surface area (TPSA) is 102 Å². The average molecular weight is 400 g/mol. The fourth-order valence-corrected chi connectivity index (χ4v) is 3.41. The molecule has 0 bridgehead atoms. The number of aromatic hydroxyl groups is 1. The van der Waals surface area contributed by atoms with E-state index in [-0.39, 0.29) is 44.2 Å². The van der Waals surface area contributed by atoms with Crippen molar-refractivity contribution in [3.05, 3.63) is 40.9 Å². The van der Waals surface area contributed by atoms with Crippen LogP contribution in [0.4, 0.5) is 5.69 Å². The number of halogens is 1. The van der Waals surface area contributed by atoms with Gasteiger partial charge in [0.15, 0.2) is 21.3 Å². The van der Waals surface area contributed by atoms with Crippen LogP contribution in [0, 0.1) is 0 Å². The molecule has 7 nitrogen and oxygen atoms in total. The van der Waals surface area contributed by atoms with E-state index in [1.54, 1.807) is 0 Å². The number of carbonyl (C=O) groups is 1. The normalized spacial score (nSPS) is 11.1. The number of anilines is 1. The molecule has 26 heavy (non-hydrogen) atoms. The van der Waals surface area contributed by atoms with Gasteiger partial charge < -0.3 is 19.9 Å². The summed E-state index contributed by atoms with van der Waals surface area (Å²) in [6.07, 6.45) is 0. The molecule has 0 aromatic heterocycles. The first-order valence-electron chi connectivity index (χ1n) is 7.52. The number of hydrogen-bond acceptors (Lipinski definition) is 6. The summed E-state index contributed by atoms with van der Waals surface area (Å²) < 4.78 is 34.2. The first-order chi connectivity index (χ1) is 12.2. The molecule has 0 saturated carbocycles. The van der Waals surface area contributed by atoms with Gasteiger partial charge in [-0.2, -0.15) is 0 Å². The Morgan fingerprint density at radius 2 is 1.88 bits per heavy atom. The Balaban J connectivity index is 2.39. The van der Waals surface area contributed by atoms with Gasteiger partial charge in [0, 0.05) is 5.56 Å². The molecule has 0 unspecified atom stereocenters. The number of phenols is 1. The van der Waals surface area contributed by atoms with Gasteiger partial charge in [0.1, 0.15) is 5.75 Å². The maximum atomic E-state index is 12.5. The molecule has 0 fully saturated rings. The van der Waals surface area contributed by atoms with E-state index in [2.05, 4.69) is 5.32 Å². The lowest BCUT2D eigenvalue weighted by molar-refractivity contribution is 0.102. The Morgan fingerprint density at radius 1 is 1.19 bits per heavy atom. The van der Waals surface area contributed by atoms with Crippen LogP contribution >= 0.6 is 11.6 Å². The number of ether oxygens (including phenoxy) is 2. The van der Waals surface area contributed by atoms with E-state index in [9.17, 15) is 18.3 Å². The molecule has 0 saturated heterocycles. The van der Waals surface area contributed by atoms with Gasteiger partial charge >= 0.3 is 0 Å². The Bertz CT molecular complexity index is 943. The van der Waals surface area contributed by atoms with Crippen LogP contribution in [0.15, 0.2) is 35.2 Å². The molecule has 2 aromatic rings. The van der Waals surface area contributed by atoms with Crippen molar-refractivity contribution in [3.63, 3.8) is 0 Å². The standard InChI is InChI=1S/C17H18ClNO6S/c1-4-26(22,23)11-5-6-14(20)13(9-11)19-17(21)10-7-12(18)16(25-3)15(8-10)24-2/h5-9,20H,4H2,1-3H3,(H,19,21). The van der Waals surface area contributed by atoms with Gasteiger partial charge in [-0.25, -0.2) is 8.42 Å². The van der Waals surface area contributed by atoms with Crippen molar-refractivity contribution in [1.29, 1.82) is 0 Å². The van der Waals surface area contributed by atoms with Gasteiger partial charge in [-0.3, -0.25) is 4.79 Å². The molecule has 0 radical (unpaired) electrons. The zero-order valence-corrected chi connectivity index (χ0v) is 15.9. The molecule has 2 rings (SSSR count). The molecule has 0 atom stereocenters. The minimum absolute atomic E-state index is 0.00144. The fourth-order valence-electron chi connectivity index (χ4n) is 2.22. The van der Waals surface area contributed by atoms with Crippen molar-refractivity contribution in [3.8, 4) is 17.2 Å². The average Bonchev–Trinajstić information content (AvgIpc) is 2.62. The highest BCUT2D eigenvalue weighted by molar-refractivity contribution is 7.91. The number of carbonyl (C=O) groups excluding carboxylic acids is 1. The number of amides is 1. The quantitative estimate of drug-likeness (QED) is 0.723. The zero-order valence-electron chi connectivity index (χ0n) is 14.4. The summed E-state index contributed by atoms with van der Waals surface area (Å²) in [5.41, 5.74) is 0.117. The molecule has 0 aliphatic rings. The second-order valence-electron chi connectivity index (χ2n) is 5.23. The summed E-state index contributed by atoms with van der Waals surface area (Å²) in [6.45, 7) is 1.51. The van der Waals surface area contributed by atoms with Crippen LogP contribution in [-0.4, -0.2) is 39.4 Å². The molecule has 2 N–H and O–H groups in total. The van der Waals surface area contributed by atoms with Crippen molar-refractivity contribution in [2.75, 3.05) is 25.3 Å². The Kier molecular flexibility index (Phi) is 5.99. The minimum atomic E-state index is -3.48. The first kappa shape index (κ1) is 19.9. The van der Waals surface area contributed by atoms with E-state index in [4.69, 9.17) is 21.1 Å². The lowest BCUT2D eigenvalue weighted by atomic mass is 10.1. The van der Waals surface area contributed by atoms with E-state index in [1.807, 2.05) is 0 Å². The Labute approximate surface area is 156 Å². The summed E-state index contributed by atoms with van der Waals surface area (Å²) in [4.78, 5) is 12.5. The van der Waals surface area contributed by atoms with E-state index in [0.29, 0.717) is 0 Å². The van der Waals surface area contributed by atoms with Crippen LogP contribution in [0.1, 0.15) is 17.3 Å². The first-order valence-corrected chi connectivity index (χ1v) is 9.55. The Hall–Kier alpha value is -2.45. The number of rotatable bonds is 6. The van der Waals surface area contributed by atoms with E-state index in [1.165, 1.54) is 51.5 Å². The maximum Gasteiger partial charge on any atom is 0.255 e. The van der Waals surface area contributed by atoms with Crippen molar-refractivity contribution in [1.82, 2.24) is 0 Å². The third-order valence-corrected chi connectivity index (χ3v) is 5.66. The molecule has 0 aliphatic carbocycles. The molecular weight excluding hydrogens is 382 g/mol. The van der Waals surface area contributed by atoms with Gasteiger partial charge in [0.05, 0.1) is 35.6 Å². The van der Waals surface area contributed by atoms with Crippen LogP contribution in [0.25, 0.3) is 0 Å². The molecular formula is C17H18ClNO6S. The minimum Gasteiger partial charge on any atom is -0.506 e. The van der Waals surface area contributed by atoms with E-state index < -0.39 is 15.7 Å². The van der Waals surface area contributed by atoms with Crippen molar-refractivity contribution < 1.29 is 27.8 Å². The monoisotopic (exact) mass is 399 g/mol.